The van der Waals surface area contributed by atoms with Gasteiger partial charge in [0.15, 0.2) is 0 Å². The Hall–Kier alpha value is -1.36. The maximum atomic E-state index is 11.6. The van der Waals surface area contributed by atoms with E-state index in [-0.39, 0.29) is 11.7 Å². The Morgan fingerprint density at radius 3 is 3.08 bits per heavy atom. The van der Waals surface area contributed by atoms with Crippen molar-refractivity contribution in [3.63, 3.8) is 0 Å². The number of nitrogens with zero attached hydrogens (tertiary/aromatic N) is 2. The van der Waals surface area contributed by atoms with Crippen molar-refractivity contribution >= 4 is 5.91 Å². The van der Waals surface area contributed by atoms with E-state index in [1.165, 1.54) is 11.3 Å². The molecule has 0 bridgehead atoms. The number of rotatable bonds is 1. The van der Waals surface area contributed by atoms with Crippen molar-refractivity contribution in [2.75, 3.05) is 13.2 Å². The molecule has 0 aromatic carbocycles. The van der Waals surface area contributed by atoms with Crippen LogP contribution in [0.1, 0.15) is 22.5 Å². The molecule has 0 saturated carbocycles. The zero-order valence-corrected chi connectivity index (χ0v) is 7.32. The first-order valence-electron chi connectivity index (χ1n) is 4.15. The van der Waals surface area contributed by atoms with Gasteiger partial charge in [-0.3, -0.25) is 9.63 Å². The molecule has 0 N–H and O–H groups in total. The fourth-order valence-corrected chi connectivity index (χ4v) is 1.22. The lowest BCUT2D eigenvalue weighted by atomic mass is 10.3. The van der Waals surface area contributed by atoms with Gasteiger partial charge in [-0.1, -0.05) is 5.16 Å². The van der Waals surface area contributed by atoms with Crippen LogP contribution in [-0.4, -0.2) is 29.3 Å². The standard InChI is InChI=1S/C8H10N2O3/c1-6-5-9-13-7(6)8(11)10-3-2-4-12-10/h5H,2-4H2,1H3. The largest absolute Gasteiger partial charge is 0.351 e. The van der Waals surface area contributed by atoms with Gasteiger partial charge in [0, 0.05) is 5.56 Å². The average Bonchev–Trinajstić information content (AvgIpc) is 2.72. The van der Waals surface area contributed by atoms with E-state index in [9.17, 15) is 4.79 Å². The van der Waals surface area contributed by atoms with Crippen LogP contribution in [0, 0.1) is 6.92 Å². The number of aryl methyl sites for hydroxylation is 1. The fourth-order valence-electron chi connectivity index (χ4n) is 1.22. The van der Waals surface area contributed by atoms with Crippen molar-refractivity contribution in [2.45, 2.75) is 13.3 Å². The monoisotopic (exact) mass is 182 g/mol. The molecule has 1 amide bonds. The summed E-state index contributed by atoms with van der Waals surface area (Å²) in [6, 6.07) is 0. The summed E-state index contributed by atoms with van der Waals surface area (Å²) in [6.45, 7) is 3.00. The maximum Gasteiger partial charge on any atom is 0.316 e. The molecule has 5 heteroatoms. The van der Waals surface area contributed by atoms with Gasteiger partial charge < -0.3 is 4.52 Å². The second-order valence-electron chi connectivity index (χ2n) is 2.93. The summed E-state index contributed by atoms with van der Waals surface area (Å²) in [5, 5.41) is 4.85. The molecular weight excluding hydrogens is 172 g/mol. The maximum absolute atomic E-state index is 11.6. The van der Waals surface area contributed by atoms with Crippen LogP contribution in [0.5, 0.6) is 0 Å². The predicted molar refractivity (Wildman–Crippen MR) is 42.8 cm³/mol. The highest BCUT2D eigenvalue weighted by Crippen LogP contribution is 2.13. The molecule has 1 aliphatic rings. The molecule has 0 unspecified atom stereocenters. The Balaban J connectivity index is 2.17. The van der Waals surface area contributed by atoms with Crippen molar-refractivity contribution in [3.05, 3.63) is 17.5 Å². The number of aromatic nitrogens is 1. The summed E-state index contributed by atoms with van der Waals surface area (Å²) in [5.74, 6) is 0.0226. The zero-order valence-electron chi connectivity index (χ0n) is 7.32. The number of amides is 1. The second-order valence-corrected chi connectivity index (χ2v) is 2.93. The lowest BCUT2D eigenvalue weighted by molar-refractivity contribution is -0.0788. The number of hydrogen-bond donors (Lipinski definition) is 0. The lowest BCUT2D eigenvalue weighted by Gasteiger charge is -2.11. The topological polar surface area (TPSA) is 55.6 Å². The number of hydroxylamine groups is 2. The second kappa shape index (κ2) is 3.18. The molecule has 2 rings (SSSR count). The van der Waals surface area contributed by atoms with Crippen LogP contribution < -0.4 is 0 Å². The van der Waals surface area contributed by atoms with Gasteiger partial charge in [0.1, 0.15) is 0 Å². The first-order chi connectivity index (χ1) is 6.29. The summed E-state index contributed by atoms with van der Waals surface area (Å²) in [6.07, 6.45) is 2.39. The van der Waals surface area contributed by atoms with Crippen molar-refractivity contribution < 1.29 is 14.2 Å². The van der Waals surface area contributed by atoms with E-state index < -0.39 is 0 Å². The molecule has 1 aromatic rings. The molecule has 1 aliphatic heterocycles. The van der Waals surface area contributed by atoms with Crippen LogP contribution in [0.4, 0.5) is 0 Å². The van der Waals surface area contributed by atoms with Crippen LogP contribution in [-0.2, 0) is 4.84 Å². The van der Waals surface area contributed by atoms with Crippen LogP contribution >= 0.6 is 0 Å². The van der Waals surface area contributed by atoms with Crippen molar-refractivity contribution in [1.82, 2.24) is 10.2 Å². The zero-order chi connectivity index (χ0) is 9.26. The third kappa shape index (κ3) is 1.42. The Bertz CT molecular complexity index is 315. The van der Waals surface area contributed by atoms with Gasteiger partial charge in [-0.15, -0.1) is 0 Å². The SMILES string of the molecule is Cc1cnoc1C(=O)N1CCCO1. The smallest absolute Gasteiger partial charge is 0.316 e. The number of hydrogen-bond acceptors (Lipinski definition) is 4. The van der Waals surface area contributed by atoms with Gasteiger partial charge in [-0.2, -0.15) is 0 Å². The molecule has 0 spiro atoms. The summed E-state index contributed by atoms with van der Waals surface area (Å²) >= 11 is 0. The molecule has 1 saturated heterocycles. The van der Waals surface area contributed by atoms with E-state index in [1.54, 1.807) is 6.92 Å². The van der Waals surface area contributed by atoms with E-state index in [0.29, 0.717) is 13.2 Å². The van der Waals surface area contributed by atoms with Gasteiger partial charge in [-0.05, 0) is 13.3 Å². The molecule has 1 fully saturated rings. The van der Waals surface area contributed by atoms with Gasteiger partial charge in [0.05, 0.1) is 19.3 Å². The predicted octanol–water partition coefficient (Wildman–Crippen LogP) is 0.761. The molecule has 2 heterocycles. The summed E-state index contributed by atoms with van der Waals surface area (Å²) < 4.78 is 4.82. The summed E-state index contributed by atoms with van der Waals surface area (Å²) in [4.78, 5) is 16.7. The molecule has 0 radical (unpaired) electrons. The normalized spacial score (nSPS) is 16.5. The van der Waals surface area contributed by atoms with Crippen LogP contribution in [0.25, 0.3) is 0 Å². The highest BCUT2D eigenvalue weighted by Gasteiger charge is 2.25. The highest BCUT2D eigenvalue weighted by molar-refractivity contribution is 5.91. The molecule has 70 valence electrons. The van der Waals surface area contributed by atoms with Gasteiger partial charge in [0.2, 0.25) is 5.76 Å². The van der Waals surface area contributed by atoms with Crippen molar-refractivity contribution in [3.8, 4) is 0 Å². The Morgan fingerprint density at radius 2 is 2.54 bits per heavy atom. The van der Waals surface area contributed by atoms with Crippen molar-refractivity contribution in [1.29, 1.82) is 0 Å². The van der Waals surface area contributed by atoms with Gasteiger partial charge in [0.25, 0.3) is 0 Å². The third-order valence-corrected chi connectivity index (χ3v) is 1.92. The first kappa shape index (κ1) is 8.25. The number of carbonyl (C=O) groups excluding carboxylic acids is 1. The van der Waals surface area contributed by atoms with Crippen molar-refractivity contribution in [2.24, 2.45) is 0 Å². The Labute approximate surface area is 75.2 Å². The Morgan fingerprint density at radius 1 is 1.69 bits per heavy atom. The van der Waals surface area contributed by atoms with E-state index in [4.69, 9.17) is 9.36 Å². The molecule has 5 nitrogen and oxygen atoms in total. The number of carbonyl (C=O) groups is 1. The minimum Gasteiger partial charge on any atom is -0.351 e. The lowest BCUT2D eigenvalue weighted by Crippen LogP contribution is -2.26. The van der Waals surface area contributed by atoms with E-state index >= 15 is 0 Å². The van der Waals surface area contributed by atoms with Gasteiger partial charge in [-0.25, -0.2) is 5.06 Å². The van der Waals surface area contributed by atoms with E-state index in [0.717, 1.165) is 12.0 Å². The minimum absolute atomic E-state index is 0.243. The first-order valence-corrected chi connectivity index (χ1v) is 4.15. The minimum atomic E-state index is -0.243. The van der Waals surface area contributed by atoms with Gasteiger partial charge >= 0.3 is 5.91 Å². The fraction of sp³-hybridized carbons (Fsp3) is 0.500. The summed E-state index contributed by atoms with van der Waals surface area (Å²) in [7, 11) is 0. The Kier molecular flexibility index (Phi) is 2.02. The quantitative estimate of drug-likeness (QED) is 0.643. The average molecular weight is 182 g/mol. The molecular formula is C8H10N2O3. The van der Waals surface area contributed by atoms with E-state index in [2.05, 4.69) is 5.16 Å². The molecule has 0 aliphatic carbocycles. The highest BCUT2D eigenvalue weighted by atomic mass is 16.7. The van der Waals surface area contributed by atoms with Crippen LogP contribution in [0.2, 0.25) is 0 Å². The molecule has 0 atom stereocenters. The molecule has 1 aromatic heterocycles. The third-order valence-electron chi connectivity index (χ3n) is 1.92. The van der Waals surface area contributed by atoms with E-state index in [1.807, 2.05) is 0 Å². The van der Waals surface area contributed by atoms with Crippen LogP contribution in [0.3, 0.4) is 0 Å². The van der Waals surface area contributed by atoms with Crippen LogP contribution in [0.15, 0.2) is 10.7 Å². The summed E-state index contributed by atoms with van der Waals surface area (Å²) in [5.41, 5.74) is 0.737. The molecule has 13 heavy (non-hydrogen) atoms.